The maximum Gasteiger partial charge on any atom is 0.310 e. The highest BCUT2D eigenvalue weighted by Crippen LogP contribution is 2.57. The number of carbonyl (C=O) groups is 2. The van der Waals surface area contributed by atoms with Gasteiger partial charge in [0.15, 0.2) is 0 Å². The number of nitrogens with one attached hydrogen (secondary N) is 1. The molecule has 3 fully saturated rings. The Kier molecular flexibility index (Phi) is 2.31. The van der Waals surface area contributed by atoms with Gasteiger partial charge in [-0.2, -0.15) is 0 Å². The maximum atomic E-state index is 12.3. The lowest BCUT2D eigenvalue weighted by molar-refractivity contribution is -0.147. The van der Waals surface area contributed by atoms with Gasteiger partial charge < -0.3 is 15.2 Å². The average molecular weight is 253 g/mol. The number of aliphatic hydroxyl groups excluding tert-OH is 1. The molecule has 0 radical (unpaired) electrons. The molecule has 6 unspecified atom stereocenters. The summed E-state index contributed by atoms with van der Waals surface area (Å²) in [6.45, 7) is 5.72. The fourth-order valence-electron chi connectivity index (χ4n) is 3.83. The molecule has 2 aliphatic carbocycles. The molecule has 6 atom stereocenters. The summed E-state index contributed by atoms with van der Waals surface area (Å²) < 4.78 is 5.19. The molecule has 0 aromatic heterocycles. The third-order valence-corrected chi connectivity index (χ3v) is 4.38. The van der Waals surface area contributed by atoms with E-state index in [9.17, 15) is 14.7 Å². The van der Waals surface area contributed by atoms with Crippen molar-refractivity contribution in [1.82, 2.24) is 5.32 Å². The van der Waals surface area contributed by atoms with E-state index in [4.69, 9.17) is 4.74 Å². The number of fused-ring (bicyclic) bond motifs is 1. The van der Waals surface area contributed by atoms with Gasteiger partial charge in [0.1, 0.15) is 6.10 Å². The first-order valence-corrected chi connectivity index (χ1v) is 6.50. The summed E-state index contributed by atoms with van der Waals surface area (Å²) in [6.07, 6.45) is -0.315. The van der Waals surface area contributed by atoms with E-state index in [1.165, 1.54) is 0 Å². The lowest BCUT2D eigenvalue weighted by Gasteiger charge is -2.30. The number of aliphatic hydroxyl groups is 1. The molecule has 5 nitrogen and oxygen atoms in total. The minimum atomic E-state index is -0.673. The lowest BCUT2D eigenvalue weighted by Crippen LogP contribution is -2.50. The Balaban J connectivity index is 1.85. The fourth-order valence-corrected chi connectivity index (χ4v) is 3.83. The van der Waals surface area contributed by atoms with Crippen molar-refractivity contribution in [3.05, 3.63) is 0 Å². The highest BCUT2D eigenvalue weighted by molar-refractivity contribution is 5.89. The minimum Gasteiger partial charge on any atom is -0.459 e. The predicted octanol–water partition coefficient (Wildman–Crippen LogP) is 0.0695. The van der Waals surface area contributed by atoms with Crippen molar-refractivity contribution in [2.24, 2.45) is 23.7 Å². The van der Waals surface area contributed by atoms with E-state index in [1.54, 1.807) is 0 Å². The first kappa shape index (κ1) is 12.0. The normalized spacial score (nSPS) is 45.2. The average Bonchev–Trinajstić information content (AvgIpc) is 2.78. The van der Waals surface area contributed by atoms with Crippen LogP contribution in [0.1, 0.15) is 27.2 Å². The van der Waals surface area contributed by atoms with Crippen LogP contribution in [0.15, 0.2) is 0 Å². The second kappa shape index (κ2) is 3.47. The van der Waals surface area contributed by atoms with Gasteiger partial charge in [-0.05, 0) is 27.2 Å². The van der Waals surface area contributed by atoms with Crippen LogP contribution in [0.2, 0.25) is 0 Å². The van der Waals surface area contributed by atoms with Crippen molar-refractivity contribution < 1.29 is 19.4 Å². The van der Waals surface area contributed by atoms with Gasteiger partial charge in [0.25, 0.3) is 0 Å². The molecule has 5 heteroatoms. The lowest BCUT2D eigenvalue weighted by atomic mass is 9.77. The first-order chi connectivity index (χ1) is 8.29. The summed E-state index contributed by atoms with van der Waals surface area (Å²) in [7, 11) is 0. The quantitative estimate of drug-likeness (QED) is 0.648. The molecule has 3 aliphatic rings. The van der Waals surface area contributed by atoms with Crippen molar-refractivity contribution >= 4 is 11.9 Å². The third-order valence-electron chi connectivity index (χ3n) is 4.38. The molecule has 0 spiro atoms. The van der Waals surface area contributed by atoms with E-state index in [-0.39, 0.29) is 41.3 Å². The molecule has 3 rings (SSSR count). The summed E-state index contributed by atoms with van der Waals surface area (Å²) >= 11 is 0. The van der Waals surface area contributed by atoms with Gasteiger partial charge >= 0.3 is 5.97 Å². The summed E-state index contributed by atoms with van der Waals surface area (Å²) in [6, 6.07) is 0. The van der Waals surface area contributed by atoms with E-state index in [1.807, 2.05) is 20.8 Å². The standard InChI is InChI=1S/C13H19NO4/c1-13(2,3)14-11(16)7-5-4-6-8(7)12(17)18-10(6)9(5)15/h5-10,15H,4H2,1-3H3,(H,14,16). The van der Waals surface area contributed by atoms with E-state index in [0.717, 1.165) is 6.42 Å². The van der Waals surface area contributed by atoms with Crippen LogP contribution in [0.25, 0.3) is 0 Å². The molecule has 2 saturated carbocycles. The van der Waals surface area contributed by atoms with Crippen molar-refractivity contribution in [2.45, 2.75) is 44.9 Å². The van der Waals surface area contributed by atoms with E-state index >= 15 is 0 Å². The Bertz CT molecular complexity index is 414. The molecule has 1 aliphatic heterocycles. The van der Waals surface area contributed by atoms with Crippen LogP contribution in [0, 0.1) is 23.7 Å². The largest absolute Gasteiger partial charge is 0.459 e. The Labute approximate surface area is 106 Å². The summed E-state index contributed by atoms with van der Waals surface area (Å²) in [4.78, 5) is 24.1. The molecule has 100 valence electrons. The second-order valence-electron chi connectivity index (χ2n) is 6.75. The summed E-state index contributed by atoms with van der Waals surface area (Å²) in [5.41, 5.74) is -0.328. The van der Waals surface area contributed by atoms with Gasteiger partial charge in [0.2, 0.25) is 5.91 Å². The van der Waals surface area contributed by atoms with E-state index in [0.29, 0.717) is 0 Å². The Morgan fingerprint density at radius 1 is 1.39 bits per heavy atom. The van der Waals surface area contributed by atoms with Crippen LogP contribution in [-0.2, 0) is 14.3 Å². The van der Waals surface area contributed by atoms with E-state index in [2.05, 4.69) is 5.32 Å². The second-order valence-corrected chi connectivity index (χ2v) is 6.75. The molecule has 2 N–H and O–H groups in total. The predicted molar refractivity (Wildman–Crippen MR) is 62.4 cm³/mol. The zero-order valence-corrected chi connectivity index (χ0v) is 10.8. The highest BCUT2D eigenvalue weighted by atomic mass is 16.6. The van der Waals surface area contributed by atoms with Crippen LogP contribution in [0.3, 0.4) is 0 Å². The van der Waals surface area contributed by atoms with Gasteiger partial charge in [-0.15, -0.1) is 0 Å². The molecule has 1 heterocycles. The number of hydrogen-bond acceptors (Lipinski definition) is 4. The van der Waals surface area contributed by atoms with Crippen LogP contribution in [0.5, 0.6) is 0 Å². The van der Waals surface area contributed by atoms with Crippen molar-refractivity contribution in [3.63, 3.8) is 0 Å². The zero-order chi connectivity index (χ0) is 13.2. The highest BCUT2D eigenvalue weighted by Gasteiger charge is 2.68. The Morgan fingerprint density at radius 3 is 2.67 bits per heavy atom. The number of ether oxygens (including phenoxy) is 1. The topological polar surface area (TPSA) is 75.6 Å². The summed E-state index contributed by atoms with van der Waals surface area (Å²) in [5.74, 6) is -1.29. The van der Waals surface area contributed by atoms with Crippen molar-refractivity contribution in [1.29, 1.82) is 0 Å². The van der Waals surface area contributed by atoms with Crippen LogP contribution < -0.4 is 5.32 Å². The number of amides is 1. The summed E-state index contributed by atoms with van der Waals surface area (Å²) in [5, 5.41) is 13.0. The molecule has 18 heavy (non-hydrogen) atoms. The molecule has 0 aromatic rings. The molecule has 1 amide bonds. The fraction of sp³-hybridized carbons (Fsp3) is 0.846. The van der Waals surface area contributed by atoms with E-state index < -0.39 is 12.0 Å². The number of hydrogen-bond donors (Lipinski definition) is 2. The van der Waals surface area contributed by atoms with Crippen LogP contribution >= 0.6 is 0 Å². The van der Waals surface area contributed by atoms with Gasteiger partial charge in [-0.1, -0.05) is 0 Å². The number of rotatable bonds is 1. The third kappa shape index (κ3) is 1.49. The van der Waals surface area contributed by atoms with Gasteiger partial charge in [0, 0.05) is 17.4 Å². The molecular weight excluding hydrogens is 234 g/mol. The minimum absolute atomic E-state index is 0.0354. The number of esters is 1. The molecule has 2 bridgehead atoms. The van der Waals surface area contributed by atoms with Crippen molar-refractivity contribution in [3.8, 4) is 0 Å². The smallest absolute Gasteiger partial charge is 0.310 e. The Hall–Kier alpha value is -1.10. The maximum absolute atomic E-state index is 12.3. The monoisotopic (exact) mass is 253 g/mol. The van der Waals surface area contributed by atoms with Crippen LogP contribution in [0.4, 0.5) is 0 Å². The number of carbonyl (C=O) groups excluding carboxylic acids is 2. The molecular formula is C13H19NO4. The van der Waals surface area contributed by atoms with Gasteiger partial charge in [0.05, 0.1) is 17.9 Å². The Morgan fingerprint density at radius 2 is 2.06 bits per heavy atom. The van der Waals surface area contributed by atoms with Crippen LogP contribution in [-0.4, -0.2) is 34.7 Å². The molecule has 1 saturated heterocycles. The van der Waals surface area contributed by atoms with Gasteiger partial charge in [-0.3, -0.25) is 9.59 Å². The zero-order valence-electron chi connectivity index (χ0n) is 10.8. The van der Waals surface area contributed by atoms with Gasteiger partial charge in [-0.25, -0.2) is 0 Å². The first-order valence-electron chi connectivity index (χ1n) is 6.50. The molecule has 0 aromatic carbocycles. The SMILES string of the molecule is CC(C)(C)NC(=O)C1C2CC3C(OC(=O)C31)C2O. The van der Waals surface area contributed by atoms with Crippen molar-refractivity contribution in [2.75, 3.05) is 0 Å².